The fourth-order valence-electron chi connectivity index (χ4n) is 10.9. The Morgan fingerprint density at radius 2 is 0.977 bits per heavy atom. The van der Waals surface area contributed by atoms with Gasteiger partial charge < -0.3 is 31.1 Å². The van der Waals surface area contributed by atoms with Crippen LogP contribution in [-0.2, 0) is 45.6 Å². The van der Waals surface area contributed by atoms with Crippen molar-refractivity contribution < 1.29 is 49.6 Å². The molecule has 8 rings (SSSR count). The van der Waals surface area contributed by atoms with E-state index in [0.29, 0.717) is 92.3 Å². The lowest BCUT2D eigenvalue weighted by Gasteiger charge is -2.30. The fourth-order valence-corrected chi connectivity index (χ4v) is 13.0. The molecule has 19 nitrogen and oxygen atoms in total. The van der Waals surface area contributed by atoms with E-state index in [2.05, 4.69) is 40.7 Å². The van der Waals surface area contributed by atoms with Crippen LogP contribution < -0.4 is 30.7 Å². The van der Waals surface area contributed by atoms with Gasteiger partial charge in [-0.2, -0.15) is 0 Å². The maximum absolute atomic E-state index is 14.3. The minimum Gasteiger partial charge on any atom is -0.343 e. The lowest BCUT2D eigenvalue weighted by molar-refractivity contribution is -0.138. The van der Waals surface area contributed by atoms with Crippen molar-refractivity contribution in [1.82, 2.24) is 50.5 Å². The summed E-state index contributed by atoms with van der Waals surface area (Å²) in [5, 5.41) is 11.6. The van der Waals surface area contributed by atoms with Crippen LogP contribution in [-0.4, -0.2) is 130 Å². The molecule has 0 bridgehead atoms. The van der Waals surface area contributed by atoms with Crippen LogP contribution in [0.1, 0.15) is 128 Å². The third-order valence-corrected chi connectivity index (χ3v) is 19.0. The van der Waals surface area contributed by atoms with Gasteiger partial charge in [0.25, 0.3) is 0 Å². The molecular formula is C64H76F2N10O9S2. The maximum Gasteiger partial charge on any atom is 0.245 e. The molecule has 2 aliphatic heterocycles. The summed E-state index contributed by atoms with van der Waals surface area (Å²) in [6, 6.07) is 24.0. The van der Waals surface area contributed by atoms with Crippen molar-refractivity contribution in [2.45, 2.75) is 131 Å². The second-order valence-corrected chi connectivity index (χ2v) is 25.7. The fraction of sp³-hybridized carbons (Fsp3) is 0.391. The molecule has 0 unspecified atom stereocenters. The summed E-state index contributed by atoms with van der Waals surface area (Å²) in [4.78, 5) is 80.4. The van der Waals surface area contributed by atoms with Gasteiger partial charge in [-0.15, -0.1) is 0 Å². The van der Waals surface area contributed by atoms with E-state index >= 15 is 0 Å². The Labute approximate surface area is 508 Å². The first-order valence-corrected chi connectivity index (χ1v) is 32.4. The van der Waals surface area contributed by atoms with Gasteiger partial charge in [0.05, 0.1) is 34.0 Å². The summed E-state index contributed by atoms with van der Waals surface area (Å²) in [5.41, 5.74) is 5.25. The van der Waals surface area contributed by atoms with E-state index in [1.165, 1.54) is 66.9 Å². The Bertz CT molecular complexity index is 3580. The SMILES string of the molecule is CN[C@@H](C)C(=O)N[C@@H](CCCCNS(=O)(=O)c1ccc(-c2ccc(S(=O)(=O)NCCCC[C@H](NC(=O)[C@H](C)NC)C(=O)N3CCC[C@H]3c3cncc(C(=O)c4ccc(F)cc4)c3)cc2)cc1)C(=O)N1CCC[C@H]1c1cncc(Cc2ccc(F)cc2)c1. The van der Waals surface area contributed by atoms with Crippen molar-refractivity contribution in [1.29, 1.82) is 0 Å². The number of hydrogen-bond acceptors (Lipinski definition) is 13. The first-order valence-electron chi connectivity index (χ1n) is 29.4. The maximum atomic E-state index is 14.3. The Morgan fingerprint density at radius 1 is 0.540 bits per heavy atom. The number of likely N-dealkylation sites (tertiary alicyclic amines) is 2. The molecular weight excluding hydrogens is 1150 g/mol. The highest BCUT2D eigenvalue weighted by atomic mass is 32.2. The smallest absolute Gasteiger partial charge is 0.245 e. The minimum absolute atomic E-state index is 0.0130. The van der Waals surface area contributed by atoms with E-state index in [9.17, 15) is 49.6 Å². The number of rotatable bonds is 29. The van der Waals surface area contributed by atoms with Gasteiger partial charge in [-0.05, 0) is 199 Å². The first kappa shape index (κ1) is 65.3. The number of carbonyl (C=O) groups excluding carboxylic acids is 5. The van der Waals surface area contributed by atoms with Crippen LogP contribution in [0.4, 0.5) is 8.78 Å². The van der Waals surface area contributed by atoms with Gasteiger partial charge in [0.15, 0.2) is 5.78 Å². The number of likely N-dealkylation sites (N-methyl/N-ethyl adjacent to an activating group) is 2. The molecule has 0 radical (unpaired) electrons. The molecule has 2 aliphatic rings. The molecule has 87 heavy (non-hydrogen) atoms. The number of amides is 4. The van der Waals surface area contributed by atoms with Crippen molar-refractivity contribution in [3.05, 3.63) is 179 Å². The molecule has 2 saturated heterocycles. The number of nitrogens with zero attached hydrogens (tertiary/aromatic N) is 4. The average Bonchev–Trinajstić information content (AvgIpc) is 2.49. The third kappa shape index (κ3) is 17.3. The van der Waals surface area contributed by atoms with E-state index < -0.39 is 56.1 Å². The van der Waals surface area contributed by atoms with Crippen LogP contribution >= 0.6 is 0 Å². The zero-order valence-corrected chi connectivity index (χ0v) is 50.9. The molecule has 462 valence electrons. The summed E-state index contributed by atoms with van der Waals surface area (Å²) in [7, 11) is -4.62. The standard InChI is InChI=1S/C64H76F2N10O9S2/c1-42(67-3)61(78)73-56(63(80)75-33-9-13-58(75)49-36-45(38-69-39-49)35-44-15-23-52(65)24-16-44)11-5-7-31-71-86(82,83)54-27-19-46(20-28-54)47-21-29-55(30-22-47)87(84,85)72-32-8-6-12-57(74-62(79)43(2)68-4)64(81)76-34-10-14-59(76)50-37-51(41-70-40-50)60(77)48-17-25-53(66)26-18-48/h15-30,36-43,56-59,67-68,71-72H,5-14,31-35H2,1-4H3,(H,73,78)(H,74,79)/t42-,43-,56-,57-,58-,59-/m0/s1. The van der Waals surface area contributed by atoms with Crippen LogP contribution in [0.5, 0.6) is 0 Å². The Balaban J connectivity index is 0.808. The van der Waals surface area contributed by atoms with E-state index in [1.807, 2.05) is 6.07 Å². The number of ketones is 1. The summed E-state index contributed by atoms with van der Waals surface area (Å²) >= 11 is 0. The molecule has 23 heteroatoms. The number of benzene rings is 4. The molecule has 4 heterocycles. The molecule has 6 aromatic rings. The third-order valence-electron chi connectivity index (χ3n) is 16.1. The summed E-state index contributed by atoms with van der Waals surface area (Å²) in [6.07, 6.45) is 11.9. The Morgan fingerprint density at radius 3 is 1.44 bits per heavy atom. The number of nitrogens with one attached hydrogen (secondary N) is 6. The van der Waals surface area contributed by atoms with Crippen molar-refractivity contribution >= 4 is 49.5 Å². The highest BCUT2D eigenvalue weighted by Crippen LogP contribution is 2.35. The van der Waals surface area contributed by atoms with Crippen molar-refractivity contribution in [3.63, 3.8) is 0 Å². The van der Waals surface area contributed by atoms with Gasteiger partial charge in [0.2, 0.25) is 43.7 Å². The van der Waals surface area contributed by atoms with Crippen LogP contribution in [0.2, 0.25) is 0 Å². The van der Waals surface area contributed by atoms with Gasteiger partial charge in [0.1, 0.15) is 23.7 Å². The molecule has 2 aromatic heterocycles. The highest BCUT2D eigenvalue weighted by Gasteiger charge is 2.37. The molecule has 0 spiro atoms. The molecule has 2 fully saturated rings. The van der Waals surface area contributed by atoms with E-state index in [1.54, 1.807) is 98.8 Å². The summed E-state index contributed by atoms with van der Waals surface area (Å²) in [5.74, 6) is -2.37. The van der Waals surface area contributed by atoms with Crippen LogP contribution in [0, 0.1) is 11.6 Å². The second-order valence-electron chi connectivity index (χ2n) is 22.1. The Kier molecular flexibility index (Phi) is 22.7. The summed E-state index contributed by atoms with van der Waals surface area (Å²) in [6.45, 7) is 4.40. The molecule has 0 aliphatic carbocycles. The zero-order valence-electron chi connectivity index (χ0n) is 49.3. The van der Waals surface area contributed by atoms with Gasteiger partial charge in [-0.1, -0.05) is 42.5 Å². The van der Waals surface area contributed by atoms with Gasteiger partial charge in [-0.3, -0.25) is 33.9 Å². The number of hydrogen-bond donors (Lipinski definition) is 6. The zero-order chi connectivity index (χ0) is 62.3. The quantitative estimate of drug-likeness (QED) is 0.0204. The van der Waals surface area contributed by atoms with Gasteiger partial charge in [-0.25, -0.2) is 35.1 Å². The van der Waals surface area contributed by atoms with Crippen LogP contribution in [0.15, 0.2) is 144 Å². The monoisotopic (exact) mass is 1230 g/mol. The largest absolute Gasteiger partial charge is 0.343 e. The normalized spacial score (nSPS) is 16.7. The number of carbonyl (C=O) groups is 5. The molecule has 6 atom stereocenters. The first-order chi connectivity index (χ1) is 41.7. The molecule has 4 aromatic carbocycles. The van der Waals surface area contributed by atoms with E-state index in [-0.39, 0.29) is 77.0 Å². The summed E-state index contributed by atoms with van der Waals surface area (Å²) < 4.78 is 86.2. The predicted molar refractivity (Wildman–Crippen MR) is 326 cm³/mol. The van der Waals surface area contributed by atoms with E-state index in [4.69, 9.17) is 0 Å². The highest BCUT2D eigenvalue weighted by molar-refractivity contribution is 7.89. The molecule has 4 amide bonds. The van der Waals surface area contributed by atoms with Crippen molar-refractivity contribution in [2.24, 2.45) is 0 Å². The number of halogens is 2. The average molecular weight is 1230 g/mol. The topological polar surface area (TPSA) is 258 Å². The lowest BCUT2D eigenvalue weighted by Crippen LogP contribution is -2.52. The van der Waals surface area contributed by atoms with Gasteiger partial charge >= 0.3 is 0 Å². The minimum atomic E-state index is -3.96. The molecule has 6 N–H and O–H groups in total. The number of unbranched alkanes of at least 4 members (excludes halogenated alkanes) is 2. The second kappa shape index (κ2) is 30.3. The van der Waals surface area contributed by atoms with Crippen molar-refractivity contribution in [2.75, 3.05) is 40.3 Å². The molecule has 0 saturated carbocycles. The van der Waals surface area contributed by atoms with Crippen molar-refractivity contribution in [3.8, 4) is 11.1 Å². The lowest BCUT2D eigenvalue weighted by atomic mass is 9.99. The number of aromatic nitrogens is 2. The predicted octanol–water partition coefficient (Wildman–Crippen LogP) is 7.05. The van der Waals surface area contributed by atoms with Gasteiger partial charge in [0, 0.05) is 62.1 Å². The van der Waals surface area contributed by atoms with Crippen LogP contribution in [0.25, 0.3) is 11.1 Å². The number of pyridine rings is 2. The van der Waals surface area contributed by atoms with Crippen LogP contribution in [0.3, 0.4) is 0 Å². The Hall–Kier alpha value is -7.67. The number of sulfonamides is 2. The van der Waals surface area contributed by atoms with E-state index in [0.717, 1.165) is 23.1 Å².